The number of fused-ring (bicyclic) bond motifs is 6. The fourth-order valence-electron chi connectivity index (χ4n) is 4.54. The Hall–Kier alpha value is -2.11. The number of benzene rings is 2. The number of carbonyl (C=O) groups is 1. The molecule has 0 radical (unpaired) electrons. The van der Waals surface area contributed by atoms with Crippen LogP contribution in [0.3, 0.4) is 0 Å². The van der Waals surface area contributed by atoms with Crippen molar-refractivity contribution in [3.05, 3.63) is 63.3 Å². The first-order chi connectivity index (χ1) is 12.0. The average Bonchev–Trinajstić information content (AvgIpc) is 3.06. The van der Waals surface area contributed by atoms with Crippen LogP contribution in [0.1, 0.15) is 22.4 Å². The second kappa shape index (κ2) is 4.96. The topological polar surface area (TPSA) is 52.7 Å². The molecule has 0 saturated heterocycles. The van der Waals surface area contributed by atoms with Gasteiger partial charge in [-0.1, -0.05) is 27.6 Å². The van der Waals surface area contributed by atoms with Gasteiger partial charge < -0.3 is 15.2 Å². The van der Waals surface area contributed by atoms with Crippen molar-refractivity contribution in [1.82, 2.24) is 4.98 Å². The summed E-state index contributed by atoms with van der Waals surface area (Å²) in [6, 6.07) is 12.6. The molecule has 1 amide bonds. The maximum Gasteiger partial charge on any atom is 0.299 e. The van der Waals surface area contributed by atoms with Crippen LogP contribution in [0.25, 0.3) is 10.9 Å². The zero-order valence-corrected chi connectivity index (χ0v) is 15.8. The van der Waals surface area contributed by atoms with Gasteiger partial charge in [0.1, 0.15) is 0 Å². The van der Waals surface area contributed by atoms with Gasteiger partial charge in [-0.05, 0) is 42.8 Å². The number of nitrogens with two attached hydrogens (primary N) is 1. The fourth-order valence-corrected chi connectivity index (χ4v) is 4.90. The van der Waals surface area contributed by atoms with E-state index < -0.39 is 5.54 Å². The number of halogens is 1. The number of carbonyl (C=O) groups excluding carboxylic acids is 1. The van der Waals surface area contributed by atoms with Gasteiger partial charge in [0.05, 0.1) is 23.5 Å². The number of rotatable bonds is 0. The third-order valence-corrected chi connectivity index (χ3v) is 6.18. The molecular weight excluding hydrogens is 378 g/mol. The zero-order chi connectivity index (χ0) is 17.3. The van der Waals surface area contributed by atoms with Gasteiger partial charge in [-0.2, -0.15) is 0 Å². The summed E-state index contributed by atoms with van der Waals surface area (Å²) in [7, 11) is 1.87. The van der Waals surface area contributed by atoms with E-state index in [2.05, 4.69) is 57.4 Å². The molecule has 1 spiro atoms. The Labute approximate surface area is 154 Å². The Morgan fingerprint density at radius 3 is 2.92 bits per heavy atom. The normalized spacial score (nSPS) is 21.9. The van der Waals surface area contributed by atoms with Crippen molar-refractivity contribution in [2.45, 2.75) is 18.9 Å². The third-order valence-electron chi connectivity index (χ3n) is 5.69. The molecule has 3 N–H and O–H groups in total. The Morgan fingerprint density at radius 1 is 1.24 bits per heavy atom. The lowest BCUT2D eigenvalue weighted by Gasteiger charge is -2.30. The van der Waals surface area contributed by atoms with Crippen LogP contribution in [0.2, 0.25) is 0 Å². The van der Waals surface area contributed by atoms with Crippen molar-refractivity contribution >= 4 is 38.4 Å². The van der Waals surface area contributed by atoms with Crippen LogP contribution in [0.4, 0.5) is 5.69 Å². The van der Waals surface area contributed by atoms with Crippen molar-refractivity contribution in [3.8, 4) is 0 Å². The molecule has 2 aliphatic heterocycles. The number of amides is 1. The number of H-pyrrole nitrogens is 1. The minimum Gasteiger partial charge on any atom is -0.352 e. The summed E-state index contributed by atoms with van der Waals surface area (Å²) in [5.41, 5.74) is 6.06. The standard InChI is InChI=1S/C20H18BrN3O/c1-11-3-5-16-14(9-11)13-7-8-22-20(18(13)23-16)15-10-12(21)4-6-17(15)24(2)19(20)25/h3-6,9-10,22-23H,7-8H2,1-2H3/p+1/t20-/m1/s1. The lowest BCUT2D eigenvalue weighted by molar-refractivity contribution is -0.714. The SMILES string of the molecule is Cc1ccc2[nH]c3c(c2c1)CC[NH2+][C@@]31C(=O)N(C)c2ccc(Br)cc21. The first-order valence-corrected chi connectivity index (χ1v) is 9.36. The van der Waals surface area contributed by atoms with Gasteiger partial charge in [-0.25, -0.2) is 0 Å². The number of aromatic nitrogens is 1. The summed E-state index contributed by atoms with van der Waals surface area (Å²) >= 11 is 3.58. The second-order valence-electron chi connectivity index (χ2n) is 7.10. The second-order valence-corrected chi connectivity index (χ2v) is 8.02. The predicted molar refractivity (Wildman–Crippen MR) is 102 cm³/mol. The Kier molecular flexibility index (Phi) is 3.01. The number of anilines is 1. The van der Waals surface area contributed by atoms with Gasteiger partial charge in [0.2, 0.25) is 5.54 Å². The first-order valence-electron chi connectivity index (χ1n) is 8.56. The summed E-state index contributed by atoms with van der Waals surface area (Å²) in [6.07, 6.45) is 0.973. The third kappa shape index (κ3) is 1.82. The fraction of sp³-hybridized carbons (Fsp3) is 0.250. The Bertz CT molecular complexity index is 1050. The summed E-state index contributed by atoms with van der Waals surface area (Å²) < 4.78 is 1.00. The van der Waals surface area contributed by atoms with Crippen LogP contribution in [-0.4, -0.2) is 24.5 Å². The van der Waals surface area contributed by atoms with Gasteiger partial charge in [0, 0.05) is 28.8 Å². The predicted octanol–water partition coefficient (Wildman–Crippen LogP) is 2.58. The number of likely N-dealkylation sites (N-methyl/N-ethyl adjacent to an activating group) is 1. The molecule has 3 heterocycles. The number of hydrogen-bond donors (Lipinski definition) is 2. The van der Waals surface area contributed by atoms with Crippen molar-refractivity contribution in [1.29, 1.82) is 0 Å². The van der Waals surface area contributed by atoms with Crippen LogP contribution in [0, 0.1) is 6.92 Å². The van der Waals surface area contributed by atoms with Crippen LogP contribution in [-0.2, 0) is 16.8 Å². The highest BCUT2D eigenvalue weighted by Gasteiger charge is 2.58. The van der Waals surface area contributed by atoms with E-state index in [0.29, 0.717) is 0 Å². The van der Waals surface area contributed by atoms with Gasteiger partial charge in [-0.3, -0.25) is 4.79 Å². The van der Waals surface area contributed by atoms with Crippen LogP contribution >= 0.6 is 15.9 Å². The molecule has 0 fully saturated rings. The van der Waals surface area contributed by atoms with E-state index in [0.717, 1.165) is 39.9 Å². The van der Waals surface area contributed by atoms with Crippen molar-refractivity contribution in [3.63, 3.8) is 0 Å². The monoisotopic (exact) mass is 396 g/mol. The number of quaternary nitrogens is 1. The lowest BCUT2D eigenvalue weighted by atomic mass is 9.82. The highest BCUT2D eigenvalue weighted by Crippen LogP contribution is 2.45. The van der Waals surface area contributed by atoms with Crippen molar-refractivity contribution in [2.24, 2.45) is 0 Å². The molecule has 0 saturated carbocycles. The molecule has 1 atom stereocenters. The molecule has 25 heavy (non-hydrogen) atoms. The highest BCUT2D eigenvalue weighted by molar-refractivity contribution is 9.10. The summed E-state index contributed by atoms with van der Waals surface area (Å²) in [5.74, 6) is 0.129. The van der Waals surface area contributed by atoms with E-state index in [1.807, 2.05) is 19.2 Å². The average molecular weight is 397 g/mol. The maximum absolute atomic E-state index is 13.4. The summed E-state index contributed by atoms with van der Waals surface area (Å²) in [4.78, 5) is 18.8. The van der Waals surface area contributed by atoms with Crippen molar-refractivity contribution < 1.29 is 10.1 Å². The minimum absolute atomic E-state index is 0.129. The van der Waals surface area contributed by atoms with Crippen LogP contribution in [0.5, 0.6) is 0 Å². The molecule has 3 aromatic rings. The molecule has 2 aromatic carbocycles. The van der Waals surface area contributed by atoms with E-state index in [1.54, 1.807) is 4.90 Å². The van der Waals surface area contributed by atoms with E-state index in [-0.39, 0.29) is 5.91 Å². The molecule has 0 bridgehead atoms. The summed E-state index contributed by atoms with van der Waals surface area (Å²) in [5, 5.41) is 3.45. The quantitative estimate of drug-likeness (QED) is 0.602. The largest absolute Gasteiger partial charge is 0.352 e. The van der Waals surface area contributed by atoms with Gasteiger partial charge in [0.25, 0.3) is 5.91 Å². The molecule has 5 rings (SSSR count). The molecule has 0 unspecified atom stereocenters. The van der Waals surface area contributed by atoms with Crippen molar-refractivity contribution in [2.75, 3.05) is 18.5 Å². The highest BCUT2D eigenvalue weighted by atomic mass is 79.9. The molecular formula is C20H19BrN3O+. The number of hydrogen-bond acceptors (Lipinski definition) is 1. The number of aromatic amines is 1. The minimum atomic E-state index is -0.700. The van der Waals surface area contributed by atoms with Gasteiger partial charge in [0.15, 0.2) is 0 Å². The molecule has 1 aromatic heterocycles. The molecule has 5 heteroatoms. The lowest BCUT2D eigenvalue weighted by Crippen LogP contribution is -2.99. The van der Waals surface area contributed by atoms with Crippen LogP contribution < -0.4 is 10.2 Å². The molecule has 126 valence electrons. The number of nitrogens with one attached hydrogen (secondary N) is 1. The van der Waals surface area contributed by atoms with Gasteiger partial charge in [-0.15, -0.1) is 0 Å². The number of nitrogens with zero attached hydrogens (tertiary/aromatic N) is 1. The Balaban J connectivity index is 1.87. The van der Waals surface area contributed by atoms with Crippen LogP contribution in [0.15, 0.2) is 40.9 Å². The smallest absolute Gasteiger partial charge is 0.299 e. The Morgan fingerprint density at radius 2 is 2.08 bits per heavy atom. The van der Waals surface area contributed by atoms with E-state index in [9.17, 15) is 4.79 Å². The molecule has 0 aliphatic carbocycles. The van der Waals surface area contributed by atoms with E-state index in [1.165, 1.54) is 16.5 Å². The maximum atomic E-state index is 13.4. The number of aryl methyl sites for hydroxylation is 1. The summed E-state index contributed by atoms with van der Waals surface area (Å²) in [6.45, 7) is 3.02. The van der Waals surface area contributed by atoms with E-state index >= 15 is 0 Å². The zero-order valence-electron chi connectivity index (χ0n) is 14.2. The van der Waals surface area contributed by atoms with Gasteiger partial charge >= 0.3 is 0 Å². The molecule has 2 aliphatic rings. The first kappa shape index (κ1) is 15.2. The molecule has 4 nitrogen and oxygen atoms in total. The van der Waals surface area contributed by atoms with E-state index in [4.69, 9.17) is 0 Å².